The summed E-state index contributed by atoms with van der Waals surface area (Å²) in [5.74, 6) is -3.28. The lowest BCUT2D eigenvalue weighted by Gasteiger charge is -2.25. The number of Topliss-reactive ketones (excluding diaryl/α,β-unsaturated/α-hetero) is 1. The SMILES string of the molecule is O=C(O)CCCN1C(=O)C(=O)/C(=C(\O)c2ccc(Cl)cc2)C1c1ccc([N+](=O)[O-])cc1. The predicted molar refractivity (Wildman–Crippen MR) is 110 cm³/mol. The average Bonchev–Trinajstić information content (AvgIpc) is 2.98. The van der Waals surface area contributed by atoms with Crippen LogP contribution in [0.1, 0.15) is 30.0 Å². The number of nitro benzene ring substituents is 1. The quantitative estimate of drug-likeness (QED) is 0.219. The number of amides is 1. The minimum atomic E-state index is -1.05. The molecule has 1 saturated heterocycles. The lowest BCUT2D eigenvalue weighted by atomic mass is 9.95. The van der Waals surface area contributed by atoms with Crippen molar-refractivity contribution < 1.29 is 29.5 Å². The number of hydrogen-bond acceptors (Lipinski definition) is 6. The molecule has 0 saturated carbocycles. The number of carbonyl (C=O) groups excluding carboxylic acids is 2. The minimum absolute atomic E-state index is 0.0457. The van der Waals surface area contributed by atoms with E-state index in [-0.39, 0.29) is 36.2 Å². The summed E-state index contributed by atoms with van der Waals surface area (Å²) < 4.78 is 0. The van der Waals surface area contributed by atoms with Crippen molar-refractivity contribution >= 4 is 40.7 Å². The van der Waals surface area contributed by atoms with Crippen molar-refractivity contribution in [1.82, 2.24) is 4.90 Å². The number of nitro groups is 1. The Morgan fingerprint density at radius 3 is 2.23 bits per heavy atom. The largest absolute Gasteiger partial charge is 0.507 e. The van der Waals surface area contributed by atoms with Crippen LogP contribution in [0.3, 0.4) is 0 Å². The van der Waals surface area contributed by atoms with E-state index in [4.69, 9.17) is 16.7 Å². The van der Waals surface area contributed by atoms with Crippen LogP contribution in [0.4, 0.5) is 5.69 Å². The molecule has 2 aromatic rings. The fourth-order valence-electron chi connectivity index (χ4n) is 3.40. The Bertz CT molecular complexity index is 1080. The number of hydrogen-bond donors (Lipinski definition) is 2. The fourth-order valence-corrected chi connectivity index (χ4v) is 3.53. The highest BCUT2D eigenvalue weighted by atomic mass is 35.5. The number of nitrogens with zero attached hydrogens (tertiary/aromatic N) is 2. The van der Waals surface area contributed by atoms with Crippen LogP contribution in [0.25, 0.3) is 5.76 Å². The molecule has 9 nitrogen and oxygen atoms in total. The van der Waals surface area contributed by atoms with E-state index < -0.39 is 34.4 Å². The molecule has 160 valence electrons. The zero-order valence-electron chi connectivity index (χ0n) is 16.0. The van der Waals surface area contributed by atoms with Gasteiger partial charge in [-0.15, -0.1) is 0 Å². The molecule has 2 N–H and O–H groups in total. The molecule has 0 radical (unpaired) electrons. The van der Waals surface area contributed by atoms with E-state index in [1.165, 1.54) is 53.4 Å². The van der Waals surface area contributed by atoms with Gasteiger partial charge in [0.1, 0.15) is 5.76 Å². The molecular formula is C21H17ClN2O7. The monoisotopic (exact) mass is 444 g/mol. The Morgan fingerprint density at radius 1 is 1.06 bits per heavy atom. The summed E-state index contributed by atoms with van der Waals surface area (Å²) in [7, 11) is 0. The summed E-state index contributed by atoms with van der Waals surface area (Å²) in [6, 6.07) is 10.2. The predicted octanol–water partition coefficient (Wildman–Crippen LogP) is 3.53. The van der Waals surface area contributed by atoms with Crippen LogP contribution in [-0.2, 0) is 14.4 Å². The number of likely N-dealkylation sites (tertiary alicyclic amines) is 1. The molecular weight excluding hydrogens is 428 g/mol. The number of halogens is 1. The maximum atomic E-state index is 12.8. The summed E-state index contributed by atoms with van der Waals surface area (Å²) in [6.07, 6.45) is -0.125. The molecule has 1 aliphatic rings. The Balaban J connectivity index is 2.10. The summed E-state index contributed by atoms with van der Waals surface area (Å²) in [4.78, 5) is 47.9. The maximum Gasteiger partial charge on any atom is 0.303 e. The van der Waals surface area contributed by atoms with E-state index in [1.807, 2.05) is 0 Å². The van der Waals surface area contributed by atoms with E-state index in [2.05, 4.69) is 0 Å². The number of non-ortho nitro benzene ring substituents is 1. The van der Waals surface area contributed by atoms with Gasteiger partial charge in [-0.05, 0) is 48.4 Å². The van der Waals surface area contributed by atoms with Crippen LogP contribution < -0.4 is 0 Å². The highest BCUT2D eigenvalue weighted by Gasteiger charge is 2.45. The molecule has 1 fully saturated rings. The number of ketones is 1. The maximum absolute atomic E-state index is 12.8. The van der Waals surface area contributed by atoms with Gasteiger partial charge in [0.2, 0.25) is 0 Å². The molecule has 1 unspecified atom stereocenters. The summed E-state index contributed by atoms with van der Waals surface area (Å²) in [5, 5.41) is 31.1. The second kappa shape index (κ2) is 8.97. The second-order valence-electron chi connectivity index (χ2n) is 6.85. The normalized spacial score (nSPS) is 17.7. The zero-order valence-corrected chi connectivity index (χ0v) is 16.8. The molecule has 0 spiro atoms. The lowest BCUT2D eigenvalue weighted by Crippen LogP contribution is -2.31. The number of rotatable bonds is 7. The van der Waals surface area contributed by atoms with Gasteiger partial charge in [0.15, 0.2) is 0 Å². The molecule has 1 amide bonds. The smallest absolute Gasteiger partial charge is 0.303 e. The van der Waals surface area contributed by atoms with Crippen LogP contribution in [-0.4, -0.2) is 44.2 Å². The van der Waals surface area contributed by atoms with Crippen molar-refractivity contribution in [2.24, 2.45) is 0 Å². The lowest BCUT2D eigenvalue weighted by molar-refractivity contribution is -0.384. The van der Waals surface area contributed by atoms with Gasteiger partial charge in [0.05, 0.1) is 16.5 Å². The molecule has 0 aliphatic carbocycles. The molecule has 1 heterocycles. The van der Waals surface area contributed by atoms with Gasteiger partial charge in [-0.1, -0.05) is 11.6 Å². The fraction of sp³-hybridized carbons (Fsp3) is 0.190. The Kier molecular flexibility index (Phi) is 6.36. The molecule has 1 aliphatic heterocycles. The number of carbonyl (C=O) groups is 3. The van der Waals surface area contributed by atoms with E-state index in [0.29, 0.717) is 10.6 Å². The number of carboxylic acids is 1. The molecule has 10 heteroatoms. The van der Waals surface area contributed by atoms with Crippen LogP contribution in [0.15, 0.2) is 54.1 Å². The first-order valence-electron chi connectivity index (χ1n) is 9.21. The Morgan fingerprint density at radius 2 is 1.68 bits per heavy atom. The molecule has 0 bridgehead atoms. The topological polar surface area (TPSA) is 138 Å². The van der Waals surface area contributed by atoms with Gasteiger partial charge in [-0.3, -0.25) is 24.5 Å². The first kappa shape index (κ1) is 22.0. The third-order valence-electron chi connectivity index (χ3n) is 4.87. The number of aliphatic hydroxyl groups excluding tert-OH is 1. The van der Waals surface area contributed by atoms with Crippen molar-refractivity contribution in [2.75, 3.05) is 6.54 Å². The van der Waals surface area contributed by atoms with Gasteiger partial charge in [0, 0.05) is 35.7 Å². The van der Waals surface area contributed by atoms with E-state index in [0.717, 1.165) is 0 Å². The highest BCUT2D eigenvalue weighted by molar-refractivity contribution is 6.46. The van der Waals surface area contributed by atoms with Crippen LogP contribution in [0, 0.1) is 10.1 Å². The number of aliphatic carboxylic acids is 1. The van der Waals surface area contributed by atoms with Crippen molar-refractivity contribution in [1.29, 1.82) is 0 Å². The zero-order chi connectivity index (χ0) is 22.7. The van der Waals surface area contributed by atoms with Crippen molar-refractivity contribution in [3.05, 3.63) is 80.4 Å². The van der Waals surface area contributed by atoms with Gasteiger partial charge in [-0.2, -0.15) is 0 Å². The van der Waals surface area contributed by atoms with Crippen molar-refractivity contribution in [3.8, 4) is 0 Å². The van der Waals surface area contributed by atoms with Crippen LogP contribution in [0.2, 0.25) is 5.02 Å². The Hall–Kier alpha value is -3.72. The molecule has 3 rings (SSSR count). The van der Waals surface area contributed by atoms with Crippen LogP contribution >= 0.6 is 11.6 Å². The summed E-state index contributed by atoms with van der Waals surface area (Å²) in [6.45, 7) is -0.0457. The molecule has 0 aromatic heterocycles. The van der Waals surface area contributed by atoms with Gasteiger partial charge in [0.25, 0.3) is 17.4 Å². The third kappa shape index (κ3) is 4.56. The molecule has 31 heavy (non-hydrogen) atoms. The molecule has 2 aromatic carbocycles. The van der Waals surface area contributed by atoms with Gasteiger partial charge >= 0.3 is 5.97 Å². The van der Waals surface area contributed by atoms with Crippen molar-refractivity contribution in [3.63, 3.8) is 0 Å². The number of carboxylic acid groups (broad SMARTS) is 1. The first-order chi connectivity index (χ1) is 14.7. The van der Waals surface area contributed by atoms with Crippen LogP contribution in [0.5, 0.6) is 0 Å². The minimum Gasteiger partial charge on any atom is -0.507 e. The Labute approximate surface area is 181 Å². The standard InChI is InChI=1S/C21H17ClN2O7/c22-14-7-3-13(4-8-14)19(27)17-18(12-5-9-15(10-6-12)24(30)31)23(21(29)20(17)28)11-1-2-16(25)26/h3-10,18,27H,1-2,11H2,(H,25,26)/b19-17-. The van der Waals surface area contributed by atoms with E-state index in [9.17, 15) is 29.6 Å². The average molecular weight is 445 g/mol. The third-order valence-corrected chi connectivity index (χ3v) is 5.12. The van der Waals surface area contributed by atoms with E-state index >= 15 is 0 Å². The molecule has 1 atom stereocenters. The number of aliphatic hydroxyl groups is 1. The highest BCUT2D eigenvalue weighted by Crippen LogP contribution is 2.40. The summed E-state index contributed by atoms with van der Waals surface area (Å²) in [5.41, 5.74) is 0.274. The first-order valence-corrected chi connectivity index (χ1v) is 9.59. The van der Waals surface area contributed by atoms with Crippen molar-refractivity contribution in [2.45, 2.75) is 18.9 Å². The number of benzene rings is 2. The summed E-state index contributed by atoms with van der Waals surface area (Å²) >= 11 is 5.87. The van der Waals surface area contributed by atoms with Gasteiger partial charge in [-0.25, -0.2) is 0 Å². The second-order valence-corrected chi connectivity index (χ2v) is 7.28. The van der Waals surface area contributed by atoms with E-state index in [1.54, 1.807) is 0 Å². The van der Waals surface area contributed by atoms with Gasteiger partial charge < -0.3 is 15.1 Å².